The highest BCUT2D eigenvalue weighted by Gasteiger charge is 2.24. The lowest BCUT2D eigenvalue weighted by Gasteiger charge is -2.24. The summed E-state index contributed by atoms with van der Waals surface area (Å²) in [4.78, 5) is 18.1. The van der Waals surface area contributed by atoms with Gasteiger partial charge in [0.2, 0.25) is 0 Å². The highest BCUT2D eigenvalue weighted by molar-refractivity contribution is 5.95. The molecule has 292 valence electrons. The fourth-order valence-electron chi connectivity index (χ4n) is 8.48. The van der Waals surface area contributed by atoms with Gasteiger partial charge in [0.1, 0.15) is 24.7 Å². The van der Waals surface area contributed by atoms with Gasteiger partial charge in [0, 0.05) is 44.3 Å². The van der Waals surface area contributed by atoms with Crippen LogP contribution in [0.1, 0.15) is 109 Å². The second kappa shape index (κ2) is 13.8. The van der Waals surface area contributed by atoms with Crippen LogP contribution in [0.3, 0.4) is 0 Å². The number of ether oxygens (including phenoxy) is 2. The van der Waals surface area contributed by atoms with Crippen molar-refractivity contribution >= 4 is 46.4 Å². The van der Waals surface area contributed by atoms with Crippen LogP contribution in [0.5, 0.6) is 11.5 Å². The standard InChI is InChI=1S/C52H52N4O2/c1-29-30(2)42-28-58-48-22-12-34(52(8,9)10)24-40(48)50-45-19-15-37(55-45)25-35-13-17-43(53-35)49(44-18-14-36(54-44)26-38-16-20-46(50)56-38)39-23-33(51(5,6)7)11-21-47(39)57-27-41(29)31(3)32(42)4/h11-26,53,56H,27-28H2,1-10H3. The molecule has 6 aliphatic heterocycles. The number of nitrogens with one attached hydrogen (secondary N) is 2. The molecule has 12 rings (SSSR count). The number of aromatic nitrogens is 4. The lowest BCUT2D eigenvalue weighted by atomic mass is 9.85. The highest BCUT2D eigenvalue weighted by atomic mass is 16.5. The third-order valence-corrected chi connectivity index (χ3v) is 12.3. The van der Waals surface area contributed by atoms with Gasteiger partial charge < -0.3 is 19.4 Å². The molecule has 2 N–H and O–H groups in total. The van der Waals surface area contributed by atoms with E-state index in [0.717, 1.165) is 78.6 Å². The van der Waals surface area contributed by atoms with Gasteiger partial charge in [-0.2, -0.15) is 0 Å². The number of rotatable bonds is 0. The zero-order chi connectivity index (χ0) is 40.7. The van der Waals surface area contributed by atoms with Crippen molar-refractivity contribution in [1.82, 2.24) is 19.9 Å². The van der Waals surface area contributed by atoms with Crippen LogP contribution in [0.15, 0.2) is 72.8 Å². The molecule has 58 heavy (non-hydrogen) atoms. The van der Waals surface area contributed by atoms with Gasteiger partial charge >= 0.3 is 0 Å². The van der Waals surface area contributed by atoms with Gasteiger partial charge in [0.15, 0.2) is 0 Å². The lowest BCUT2D eigenvalue weighted by Crippen LogP contribution is -2.13. The van der Waals surface area contributed by atoms with Crippen LogP contribution in [0, 0.1) is 27.7 Å². The second-order valence-electron chi connectivity index (χ2n) is 18.2. The highest BCUT2D eigenvalue weighted by Crippen LogP contribution is 2.42. The summed E-state index contributed by atoms with van der Waals surface area (Å²) in [5.41, 5.74) is 20.8. The smallest absolute Gasteiger partial charge is 0.127 e. The van der Waals surface area contributed by atoms with E-state index in [0.29, 0.717) is 13.2 Å². The molecule has 0 unspecified atom stereocenters. The number of H-pyrrole nitrogens is 2. The monoisotopic (exact) mass is 764 g/mol. The van der Waals surface area contributed by atoms with Crippen LogP contribution in [0.25, 0.3) is 68.6 Å². The summed E-state index contributed by atoms with van der Waals surface area (Å²) in [6, 6.07) is 26.0. The van der Waals surface area contributed by atoms with Crippen molar-refractivity contribution < 1.29 is 9.47 Å². The first-order valence-corrected chi connectivity index (χ1v) is 20.4. The Kier molecular flexibility index (Phi) is 8.88. The van der Waals surface area contributed by atoms with Crippen LogP contribution in [0.2, 0.25) is 0 Å². The third kappa shape index (κ3) is 6.64. The molecule has 0 atom stereocenters. The molecular formula is C52H52N4O2. The molecule has 0 fully saturated rings. The molecule has 0 amide bonds. The maximum atomic E-state index is 6.98. The number of hydrogen-bond acceptors (Lipinski definition) is 4. The van der Waals surface area contributed by atoms with Gasteiger partial charge in [-0.25, -0.2) is 9.97 Å². The van der Waals surface area contributed by atoms with Gasteiger partial charge in [0.25, 0.3) is 0 Å². The zero-order valence-electron chi connectivity index (χ0n) is 35.4. The molecule has 12 bridgehead atoms. The maximum absolute atomic E-state index is 6.98. The average molecular weight is 765 g/mol. The molecular weight excluding hydrogens is 713 g/mol. The first-order valence-electron chi connectivity index (χ1n) is 20.4. The third-order valence-electron chi connectivity index (χ3n) is 12.3. The van der Waals surface area contributed by atoms with E-state index >= 15 is 0 Å². The molecule has 0 saturated carbocycles. The fourth-order valence-corrected chi connectivity index (χ4v) is 8.48. The van der Waals surface area contributed by atoms with E-state index in [4.69, 9.17) is 19.4 Å². The van der Waals surface area contributed by atoms with Crippen molar-refractivity contribution in [2.45, 2.75) is 93.3 Å². The van der Waals surface area contributed by atoms with E-state index in [1.807, 2.05) is 0 Å². The van der Waals surface area contributed by atoms with Gasteiger partial charge in [-0.05, 0) is 168 Å². The molecule has 6 nitrogen and oxygen atoms in total. The average Bonchev–Trinajstić information content (AvgIpc) is 4.01. The zero-order valence-corrected chi connectivity index (χ0v) is 35.4. The van der Waals surface area contributed by atoms with E-state index in [1.54, 1.807) is 0 Å². The van der Waals surface area contributed by atoms with Crippen LogP contribution in [-0.2, 0) is 24.0 Å². The van der Waals surface area contributed by atoms with Crippen LogP contribution < -0.4 is 9.47 Å². The number of aromatic amines is 2. The summed E-state index contributed by atoms with van der Waals surface area (Å²) in [5, 5.41) is 0. The van der Waals surface area contributed by atoms with Crippen LogP contribution in [0.4, 0.5) is 0 Å². The molecule has 6 heteroatoms. The molecule has 0 radical (unpaired) electrons. The largest absolute Gasteiger partial charge is 0.488 e. The van der Waals surface area contributed by atoms with Crippen LogP contribution >= 0.6 is 0 Å². The van der Waals surface area contributed by atoms with Gasteiger partial charge in [-0.3, -0.25) is 0 Å². The molecule has 3 aromatic heterocycles. The number of nitrogens with zero attached hydrogens (tertiary/aromatic N) is 2. The molecule has 0 aliphatic carbocycles. The Morgan fingerprint density at radius 2 is 0.879 bits per heavy atom. The van der Waals surface area contributed by atoms with Crippen molar-refractivity contribution in [2.75, 3.05) is 0 Å². The minimum atomic E-state index is -0.0848. The van der Waals surface area contributed by atoms with E-state index < -0.39 is 0 Å². The molecule has 3 aromatic carbocycles. The Labute approximate surface area is 341 Å². The normalized spacial score (nSPS) is 13.7. The SMILES string of the molecule is Cc1c(C)c2c(C)c(C)c1COc1ccc(C(C)(C)C)cc1-c1c3nc(cc4ccc([nH]4)c(c4nc(cc5ccc1[nH]5)C=C4)-c1cc(C(C)(C)C)ccc1OC2)C=C3. The number of benzene rings is 3. The Morgan fingerprint density at radius 1 is 0.483 bits per heavy atom. The van der Waals surface area contributed by atoms with Crippen molar-refractivity contribution in [1.29, 1.82) is 0 Å². The van der Waals surface area contributed by atoms with Crippen LogP contribution in [-0.4, -0.2) is 19.9 Å². The topological polar surface area (TPSA) is 75.8 Å². The first-order chi connectivity index (χ1) is 27.6. The van der Waals surface area contributed by atoms with Gasteiger partial charge in [-0.15, -0.1) is 0 Å². The Bertz CT molecular complexity index is 2680. The predicted molar refractivity (Wildman–Crippen MR) is 241 cm³/mol. The van der Waals surface area contributed by atoms with E-state index in [9.17, 15) is 0 Å². The van der Waals surface area contributed by atoms with Gasteiger partial charge in [0.05, 0.1) is 22.8 Å². The van der Waals surface area contributed by atoms with Crippen molar-refractivity contribution in [2.24, 2.45) is 0 Å². The summed E-state index contributed by atoms with van der Waals surface area (Å²) < 4.78 is 14.0. The Balaban J connectivity index is 1.43. The Morgan fingerprint density at radius 3 is 1.26 bits per heavy atom. The molecule has 0 spiro atoms. The fraction of sp³-hybridized carbons (Fsp3) is 0.269. The molecule has 6 aliphatic rings. The summed E-state index contributed by atoms with van der Waals surface area (Å²) in [5.74, 6) is 1.62. The quantitative estimate of drug-likeness (QED) is 0.161. The Hall–Kier alpha value is -6.14. The second-order valence-corrected chi connectivity index (χ2v) is 18.2. The first kappa shape index (κ1) is 37.4. The summed E-state index contributed by atoms with van der Waals surface area (Å²) in [7, 11) is 0. The minimum absolute atomic E-state index is 0.0848. The van der Waals surface area contributed by atoms with E-state index in [2.05, 4.69) is 176 Å². The predicted octanol–water partition coefficient (Wildman–Crippen LogP) is 13.3. The maximum Gasteiger partial charge on any atom is 0.127 e. The molecule has 9 heterocycles. The van der Waals surface area contributed by atoms with Crippen molar-refractivity contribution in [3.63, 3.8) is 0 Å². The molecule has 0 saturated heterocycles. The minimum Gasteiger partial charge on any atom is -0.488 e. The number of hydrogen-bond donors (Lipinski definition) is 2. The van der Waals surface area contributed by atoms with Crippen molar-refractivity contribution in [3.05, 3.63) is 140 Å². The summed E-state index contributed by atoms with van der Waals surface area (Å²) >= 11 is 0. The summed E-state index contributed by atoms with van der Waals surface area (Å²) in [6.45, 7) is 23.3. The van der Waals surface area contributed by atoms with Gasteiger partial charge in [-0.1, -0.05) is 53.7 Å². The molecule has 6 aromatic rings. The van der Waals surface area contributed by atoms with E-state index in [1.165, 1.54) is 44.5 Å². The van der Waals surface area contributed by atoms with E-state index in [-0.39, 0.29) is 10.8 Å². The lowest BCUT2D eigenvalue weighted by molar-refractivity contribution is 0.301. The summed E-state index contributed by atoms with van der Waals surface area (Å²) in [6.07, 6.45) is 8.43. The van der Waals surface area contributed by atoms with Crippen molar-refractivity contribution in [3.8, 4) is 33.8 Å².